The van der Waals surface area contributed by atoms with E-state index < -0.39 is 11.8 Å². The lowest BCUT2D eigenvalue weighted by Gasteiger charge is -2.19. The van der Waals surface area contributed by atoms with E-state index in [9.17, 15) is 9.18 Å². The van der Waals surface area contributed by atoms with Crippen LogP contribution in [0.15, 0.2) is 18.2 Å². The number of aliphatic hydroxyl groups excluding tert-OH is 1. The Bertz CT molecular complexity index is 405. The van der Waals surface area contributed by atoms with Crippen LogP contribution in [0, 0.1) is 5.82 Å². The summed E-state index contributed by atoms with van der Waals surface area (Å²) in [5.41, 5.74) is 0.161. The third-order valence-electron chi connectivity index (χ3n) is 2.42. The van der Waals surface area contributed by atoms with Gasteiger partial charge in [0.25, 0.3) is 0 Å². The number of methoxy groups -OCH3 is 1. The van der Waals surface area contributed by atoms with Crippen LogP contribution in [0.5, 0.6) is 0 Å². The first kappa shape index (κ1) is 14.4. The van der Waals surface area contributed by atoms with Gasteiger partial charge in [-0.1, -0.05) is 0 Å². The lowest BCUT2D eigenvalue weighted by molar-refractivity contribution is 0.0697. The SMILES string of the molecule is COCC(CCO)Nc1ccc(F)cc1C(=O)O. The first-order valence-electron chi connectivity index (χ1n) is 5.47. The highest BCUT2D eigenvalue weighted by atomic mass is 19.1. The molecule has 0 fully saturated rings. The Morgan fingerprint density at radius 2 is 2.28 bits per heavy atom. The van der Waals surface area contributed by atoms with Crippen molar-refractivity contribution in [3.05, 3.63) is 29.6 Å². The molecule has 1 aromatic rings. The smallest absolute Gasteiger partial charge is 0.337 e. The van der Waals surface area contributed by atoms with Crippen molar-refractivity contribution in [3.8, 4) is 0 Å². The summed E-state index contributed by atoms with van der Waals surface area (Å²) in [4.78, 5) is 11.0. The normalized spacial score (nSPS) is 12.2. The Morgan fingerprint density at radius 3 is 2.83 bits per heavy atom. The summed E-state index contributed by atoms with van der Waals surface area (Å²) < 4.78 is 17.9. The molecule has 100 valence electrons. The van der Waals surface area contributed by atoms with Crippen molar-refractivity contribution in [1.82, 2.24) is 0 Å². The number of rotatable bonds is 7. The highest BCUT2D eigenvalue weighted by Gasteiger charge is 2.15. The van der Waals surface area contributed by atoms with Crippen molar-refractivity contribution in [2.45, 2.75) is 12.5 Å². The Morgan fingerprint density at radius 1 is 1.56 bits per heavy atom. The number of carboxylic acid groups (broad SMARTS) is 1. The van der Waals surface area contributed by atoms with Crippen molar-refractivity contribution in [2.24, 2.45) is 0 Å². The number of carboxylic acids is 1. The average molecular weight is 257 g/mol. The predicted octanol–water partition coefficient (Wildman–Crippen LogP) is 1.33. The highest BCUT2D eigenvalue weighted by molar-refractivity contribution is 5.94. The molecule has 0 aromatic heterocycles. The van der Waals surface area contributed by atoms with Gasteiger partial charge in [0.05, 0.1) is 18.2 Å². The second-order valence-electron chi connectivity index (χ2n) is 3.80. The van der Waals surface area contributed by atoms with Gasteiger partial charge in [0.1, 0.15) is 5.82 Å². The molecule has 0 spiro atoms. The van der Waals surface area contributed by atoms with E-state index in [1.54, 1.807) is 0 Å². The molecule has 0 aliphatic rings. The lowest BCUT2D eigenvalue weighted by Crippen LogP contribution is -2.27. The standard InChI is InChI=1S/C12H16FNO4/c1-18-7-9(4-5-15)14-11-3-2-8(13)6-10(11)12(16)17/h2-3,6,9,14-15H,4-5,7H2,1H3,(H,16,17). The molecule has 5 nitrogen and oxygen atoms in total. The van der Waals surface area contributed by atoms with E-state index in [-0.39, 0.29) is 18.2 Å². The number of aromatic carboxylic acids is 1. The summed E-state index contributed by atoms with van der Waals surface area (Å²) in [6, 6.07) is 3.26. The largest absolute Gasteiger partial charge is 0.478 e. The molecule has 6 heteroatoms. The van der Waals surface area contributed by atoms with Gasteiger partial charge in [0, 0.05) is 19.4 Å². The zero-order valence-corrected chi connectivity index (χ0v) is 10.0. The summed E-state index contributed by atoms with van der Waals surface area (Å²) in [5.74, 6) is -1.82. The Balaban J connectivity index is 2.90. The number of carbonyl (C=O) groups is 1. The molecule has 1 atom stereocenters. The van der Waals surface area contributed by atoms with Gasteiger partial charge in [0.15, 0.2) is 0 Å². The van der Waals surface area contributed by atoms with Crippen molar-refractivity contribution < 1.29 is 24.1 Å². The van der Waals surface area contributed by atoms with Crippen LogP contribution in [0.3, 0.4) is 0 Å². The summed E-state index contributed by atoms with van der Waals surface area (Å²) >= 11 is 0. The van der Waals surface area contributed by atoms with E-state index >= 15 is 0 Å². The molecule has 18 heavy (non-hydrogen) atoms. The number of hydrogen-bond donors (Lipinski definition) is 3. The minimum atomic E-state index is -1.21. The first-order chi connectivity index (χ1) is 8.58. The zero-order chi connectivity index (χ0) is 13.5. The summed E-state index contributed by atoms with van der Waals surface area (Å²) in [5, 5.41) is 20.8. The average Bonchev–Trinajstić information content (AvgIpc) is 2.32. The molecule has 0 radical (unpaired) electrons. The number of nitrogens with one attached hydrogen (secondary N) is 1. The van der Waals surface area contributed by atoms with Gasteiger partial charge in [-0.05, 0) is 24.6 Å². The molecule has 1 rings (SSSR count). The number of halogens is 1. The van der Waals surface area contributed by atoms with Gasteiger partial charge in [0.2, 0.25) is 0 Å². The second-order valence-corrected chi connectivity index (χ2v) is 3.80. The Hall–Kier alpha value is -1.66. The molecule has 0 heterocycles. The van der Waals surface area contributed by atoms with E-state index in [1.807, 2.05) is 0 Å². The maximum absolute atomic E-state index is 13.0. The highest BCUT2D eigenvalue weighted by Crippen LogP contribution is 2.18. The molecule has 3 N–H and O–H groups in total. The maximum Gasteiger partial charge on any atom is 0.337 e. The van der Waals surface area contributed by atoms with E-state index in [1.165, 1.54) is 19.2 Å². The minimum Gasteiger partial charge on any atom is -0.478 e. The van der Waals surface area contributed by atoms with Crippen LogP contribution >= 0.6 is 0 Å². The molecular formula is C12H16FNO4. The van der Waals surface area contributed by atoms with Gasteiger partial charge in [-0.3, -0.25) is 0 Å². The number of aliphatic hydroxyl groups is 1. The number of hydrogen-bond acceptors (Lipinski definition) is 4. The van der Waals surface area contributed by atoms with Crippen LogP contribution in [0.1, 0.15) is 16.8 Å². The topological polar surface area (TPSA) is 78.8 Å². The molecule has 0 amide bonds. The molecule has 0 aliphatic heterocycles. The fourth-order valence-corrected chi connectivity index (χ4v) is 1.59. The maximum atomic E-state index is 13.0. The van der Waals surface area contributed by atoms with Crippen molar-refractivity contribution in [3.63, 3.8) is 0 Å². The van der Waals surface area contributed by atoms with Crippen molar-refractivity contribution in [2.75, 3.05) is 25.6 Å². The molecule has 0 aliphatic carbocycles. The fraction of sp³-hybridized carbons (Fsp3) is 0.417. The quantitative estimate of drug-likeness (QED) is 0.687. The van der Waals surface area contributed by atoms with Gasteiger partial charge in [-0.25, -0.2) is 9.18 Å². The number of ether oxygens (including phenoxy) is 1. The van der Waals surface area contributed by atoms with E-state index in [0.29, 0.717) is 18.7 Å². The lowest BCUT2D eigenvalue weighted by atomic mass is 10.1. The third-order valence-corrected chi connectivity index (χ3v) is 2.42. The minimum absolute atomic E-state index is 0.0510. The zero-order valence-electron chi connectivity index (χ0n) is 10.0. The van der Waals surface area contributed by atoms with Crippen LogP contribution in [-0.2, 0) is 4.74 Å². The molecular weight excluding hydrogens is 241 g/mol. The monoisotopic (exact) mass is 257 g/mol. The summed E-state index contributed by atoms with van der Waals surface area (Å²) in [6.07, 6.45) is 0.407. The Labute approximate surface area is 104 Å². The van der Waals surface area contributed by atoms with Crippen LogP contribution in [0.4, 0.5) is 10.1 Å². The van der Waals surface area contributed by atoms with Crippen LogP contribution in [-0.4, -0.2) is 42.5 Å². The molecule has 1 aromatic carbocycles. The van der Waals surface area contributed by atoms with Crippen LogP contribution in [0.2, 0.25) is 0 Å². The van der Waals surface area contributed by atoms with Gasteiger partial charge in [-0.2, -0.15) is 0 Å². The molecule has 0 saturated carbocycles. The molecule has 1 unspecified atom stereocenters. The number of benzene rings is 1. The predicted molar refractivity (Wildman–Crippen MR) is 64.3 cm³/mol. The summed E-state index contributed by atoms with van der Waals surface area (Å²) in [7, 11) is 1.51. The first-order valence-corrected chi connectivity index (χ1v) is 5.47. The van der Waals surface area contributed by atoms with E-state index in [4.69, 9.17) is 14.9 Å². The fourth-order valence-electron chi connectivity index (χ4n) is 1.59. The van der Waals surface area contributed by atoms with Crippen LogP contribution < -0.4 is 5.32 Å². The third kappa shape index (κ3) is 3.97. The van der Waals surface area contributed by atoms with Crippen LogP contribution in [0.25, 0.3) is 0 Å². The summed E-state index contributed by atoms with van der Waals surface area (Å²) in [6.45, 7) is 0.265. The van der Waals surface area contributed by atoms with Gasteiger partial charge in [-0.15, -0.1) is 0 Å². The molecule has 0 saturated heterocycles. The van der Waals surface area contributed by atoms with Gasteiger partial charge < -0.3 is 20.3 Å². The van der Waals surface area contributed by atoms with Crippen molar-refractivity contribution >= 4 is 11.7 Å². The number of anilines is 1. The van der Waals surface area contributed by atoms with E-state index in [2.05, 4.69) is 5.32 Å². The van der Waals surface area contributed by atoms with Gasteiger partial charge >= 0.3 is 5.97 Å². The van der Waals surface area contributed by atoms with Crippen molar-refractivity contribution in [1.29, 1.82) is 0 Å². The van der Waals surface area contributed by atoms with E-state index in [0.717, 1.165) is 6.07 Å². The second kappa shape index (κ2) is 6.93. The Kier molecular flexibility index (Phi) is 5.54. The molecule has 0 bridgehead atoms.